The molecule has 0 bridgehead atoms. The van der Waals surface area contributed by atoms with Gasteiger partial charge in [0.1, 0.15) is 11.3 Å². The lowest BCUT2D eigenvalue weighted by Gasteiger charge is -2.31. The quantitative estimate of drug-likeness (QED) is 0.363. The van der Waals surface area contributed by atoms with Crippen molar-refractivity contribution in [1.82, 2.24) is 0 Å². The van der Waals surface area contributed by atoms with Crippen LogP contribution in [0.4, 0.5) is 0 Å². The fourth-order valence-corrected chi connectivity index (χ4v) is 4.21. The third-order valence-corrected chi connectivity index (χ3v) is 5.78. The molecule has 1 aromatic rings. The summed E-state index contributed by atoms with van der Waals surface area (Å²) in [5, 5.41) is 10.8. The molecule has 2 fully saturated rings. The highest BCUT2D eigenvalue weighted by Gasteiger charge is 2.41. The second-order valence-electron chi connectivity index (χ2n) is 6.82. The number of benzene rings is 1. The molecule has 1 aromatic carbocycles. The predicted molar refractivity (Wildman–Crippen MR) is 100 cm³/mol. The molecular weight excluding hydrogens is 352 g/mol. The van der Waals surface area contributed by atoms with E-state index in [0.717, 1.165) is 16.0 Å². The molecular formula is C20H24O5S. The number of hydrogen-bond acceptors (Lipinski definition) is 6. The van der Waals surface area contributed by atoms with Gasteiger partial charge in [-0.2, -0.15) is 0 Å². The fourth-order valence-electron chi connectivity index (χ4n) is 3.81. The van der Waals surface area contributed by atoms with Crippen LogP contribution in [0.1, 0.15) is 54.9 Å². The normalized spacial score (nSPS) is 19.9. The van der Waals surface area contributed by atoms with E-state index in [-0.39, 0.29) is 35.7 Å². The molecule has 0 spiro atoms. The second kappa shape index (κ2) is 7.18. The first-order valence-corrected chi connectivity index (χ1v) is 9.38. The molecule has 1 saturated carbocycles. The molecule has 1 N–H and O–H groups in total. The molecule has 5 nitrogen and oxygen atoms in total. The van der Waals surface area contributed by atoms with E-state index in [2.05, 4.69) is 12.6 Å². The molecule has 2 aliphatic rings. The fraction of sp³-hybridized carbons (Fsp3) is 0.500. The van der Waals surface area contributed by atoms with Crippen molar-refractivity contribution in [3.8, 4) is 0 Å². The van der Waals surface area contributed by atoms with Crippen molar-refractivity contribution < 1.29 is 24.2 Å². The summed E-state index contributed by atoms with van der Waals surface area (Å²) in [4.78, 5) is 25.2. The van der Waals surface area contributed by atoms with E-state index in [1.54, 1.807) is 6.07 Å². The number of ether oxygens (including phenoxy) is 2. The van der Waals surface area contributed by atoms with E-state index in [4.69, 9.17) is 9.47 Å². The Kier molecular flexibility index (Phi) is 5.28. The van der Waals surface area contributed by atoms with E-state index in [1.165, 1.54) is 0 Å². The summed E-state index contributed by atoms with van der Waals surface area (Å²) in [6.07, 6.45) is 1.69. The van der Waals surface area contributed by atoms with Gasteiger partial charge in [-0.25, -0.2) is 0 Å². The van der Waals surface area contributed by atoms with Gasteiger partial charge in [0.25, 0.3) is 0 Å². The van der Waals surface area contributed by atoms with E-state index in [1.807, 2.05) is 20.8 Å². The van der Waals surface area contributed by atoms with Crippen LogP contribution in [-0.2, 0) is 24.8 Å². The molecule has 1 heterocycles. The average Bonchev–Trinajstić information content (AvgIpc) is 3.08. The molecule has 140 valence electrons. The van der Waals surface area contributed by atoms with Crippen LogP contribution in [0.5, 0.6) is 0 Å². The molecule has 1 saturated heterocycles. The molecule has 0 unspecified atom stereocenters. The van der Waals surface area contributed by atoms with Crippen molar-refractivity contribution >= 4 is 30.0 Å². The summed E-state index contributed by atoms with van der Waals surface area (Å²) in [7, 11) is 0. The minimum absolute atomic E-state index is 0.0876. The maximum atomic E-state index is 12.2. The van der Waals surface area contributed by atoms with Crippen LogP contribution in [0.2, 0.25) is 0 Å². The number of aliphatic hydroxyl groups excluding tert-OH is 1. The smallest absolute Gasteiger partial charge is 0.196 e. The Hall–Kier alpha value is -1.63. The van der Waals surface area contributed by atoms with Crippen LogP contribution < -0.4 is 0 Å². The maximum absolute atomic E-state index is 12.2. The number of ketones is 2. The zero-order valence-electron chi connectivity index (χ0n) is 15.3. The maximum Gasteiger partial charge on any atom is 0.196 e. The van der Waals surface area contributed by atoms with Crippen molar-refractivity contribution in [2.75, 3.05) is 13.2 Å². The van der Waals surface area contributed by atoms with Crippen LogP contribution in [0.25, 0.3) is 5.76 Å². The Morgan fingerprint density at radius 3 is 2.31 bits per heavy atom. The van der Waals surface area contributed by atoms with Crippen LogP contribution in [0, 0.1) is 13.8 Å². The van der Waals surface area contributed by atoms with E-state index >= 15 is 0 Å². The van der Waals surface area contributed by atoms with Crippen LogP contribution in [0.3, 0.4) is 0 Å². The van der Waals surface area contributed by atoms with Crippen LogP contribution in [0.15, 0.2) is 16.5 Å². The largest absolute Gasteiger partial charge is 0.506 e. The predicted octanol–water partition coefficient (Wildman–Crippen LogP) is 3.79. The number of Topliss-reactive ketones (excluding diaryl/α,β-unsaturated/α-hetero) is 2. The van der Waals surface area contributed by atoms with Gasteiger partial charge in [0, 0.05) is 35.3 Å². The monoisotopic (exact) mass is 376 g/mol. The number of aryl methyl sites for hydroxylation is 1. The first-order chi connectivity index (χ1) is 12.3. The summed E-state index contributed by atoms with van der Waals surface area (Å²) in [5.74, 6) is -1.77. The van der Waals surface area contributed by atoms with Crippen molar-refractivity contribution in [3.05, 3.63) is 33.9 Å². The summed E-state index contributed by atoms with van der Waals surface area (Å²) >= 11 is 4.65. The molecule has 0 amide bonds. The Bertz CT molecular complexity index is 785. The summed E-state index contributed by atoms with van der Waals surface area (Å²) in [6, 6.07) is 1.76. The number of thiol groups is 1. The standard InChI is InChI=1S/C20H24O5S/c1-4-20(24-8-9-25-20)17-12(3)13(10-11(2)19(17)26)18(23)16-14(21)6-5-7-15(16)22/h10,23,26H,4-9H2,1-3H3. The molecule has 6 heteroatoms. The van der Waals surface area contributed by atoms with Gasteiger partial charge in [-0.15, -0.1) is 12.6 Å². The Morgan fingerprint density at radius 1 is 1.19 bits per heavy atom. The van der Waals surface area contributed by atoms with Gasteiger partial charge < -0.3 is 14.6 Å². The zero-order chi connectivity index (χ0) is 19.1. The highest BCUT2D eigenvalue weighted by atomic mass is 32.1. The number of hydrogen-bond donors (Lipinski definition) is 2. The lowest BCUT2D eigenvalue weighted by Crippen LogP contribution is -2.29. The van der Waals surface area contributed by atoms with Crippen molar-refractivity contribution in [2.24, 2.45) is 0 Å². The lowest BCUT2D eigenvalue weighted by atomic mass is 9.86. The first kappa shape index (κ1) is 19.1. The number of aliphatic hydroxyl groups is 1. The third-order valence-electron chi connectivity index (χ3n) is 5.21. The van der Waals surface area contributed by atoms with Gasteiger partial charge >= 0.3 is 0 Å². The van der Waals surface area contributed by atoms with Crippen molar-refractivity contribution in [3.63, 3.8) is 0 Å². The van der Waals surface area contributed by atoms with Gasteiger partial charge in [0.15, 0.2) is 17.4 Å². The summed E-state index contributed by atoms with van der Waals surface area (Å²) < 4.78 is 11.8. The van der Waals surface area contributed by atoms with Gasteiger partial charge in [-0.1, -0.05) is 6.92 Å². The SMILES string of the molecule is CCC1(c2c(C)c(C(O)=C3C(=O)CCCC3=O)cc(C)c2S)OCCO1. The Labute approximate surface area is 158 Å². The highest BCUT2D eigenvalue weighted by Crippen LogP contribution is 2.43. The first-order valence-electron chi connectivity index (χ1n) is 8.94. The third kappa shape index (κ3) is 3.00. The van der Waals surface area contributed by atoms with E-state index in [0.29, 0.717) is 37.2 Å². The molecule has 1 aliphatic carbocycles. The number of rotatable bonds is 3. The molecule has 1 aliphatic heterocycles. The van der Waals surface area contributed by atoms with Crippen LogP contribution in [-0.4, -0.2) is 29.9 Å². The molecule has 3 rings (SSSR count). The van der Waals surface area contributed by atoms with E-state index in [9.17, 15) is 14.7 Å². The number of carbonyl (C=O) groups excluding carboxylic acids is 2. The Balaban J connectivity index is 2.24. The van der Waals surface area contributed by atoms with Gasteiger partial charge in [-0.05, 0) is 37.5 Å². The Morgan fingerprint density at radius 2 is 1.77 bits per heavy atom. The van der Waals surface area contributed by atoms with Crippen molar-refractivity contribution in [1.29, 1.82) is 0 Å². The minimum Gasteiger partial charge on any atom is -0.506 e. The van der Waals surface area contributed by atoms with Gasteiger partial charge in [0.2, 0.25) is 0 Å². The van der Waals surface area contributed by atoms with Crippen molar-refractivity contribution in [2.45, 2.75) is 57.1 Å². The lowest BCUT2D eigenvalue weighted by molar-refractivity contribution is -0.169. The molecule has 0 aromatic heterocycles. The zero-order valence-corrected chi connectivity index (χ0v) is 16.2. The van der Waals surface area contributed by atoms with E-state index < -0.39 is 5.79 Å². The van der Waals surface area contributed by atoms with Gasteiger partial charge in [0.05, 0.1) is 13.2 Å². The summed E-state index contributed by atoms with van der Waals surface area (Å²) in [5.41, 5.74) is 2.65. The van der Waals surface area contributed by atoms with Crippen LogP contribution >= 0.6 is 12.6 Å². The highest BCUT2D eigenvalue weighted by molar-refractivity contribution is 7.80. The number of carbonyl (C=O) groups is 2. The topological polar surface area (TPSA) is 72.8 Å². The molecule has 0 atom stereocenters. The molecule has 26 heavy (non-hydrogen) atoms. The second-order valence-corrected chi connectivity index (χ2v) is 7.26. The van der Waals surface area contributed by atoms with Gasteiger partial charge in [-0.3, -0.25) is 9.59 Å². The number of allylic oxidation sites excluding steroid dienone is 1. The summed E-state index contributed by atoms with van der Waals surface area (Å²) in [6.45, 7) is 6.63. The average molecular weight is 376 g/mol. The molecule has 0 radical (unpaired) electrons. The minimum atomic E-state index is -0.923.